The summed E-state index contributed by atoms with van der Waals surface area (Å²) in [6, 6.07) is 10.3. The van der Waals surface area contributed by atoms with Gasteiger partial charge in [0.25, 0.3) is 0 Å². The van der Waals surface area contributed by atoms with Crippen molar-refractivity contribution < 1.29 is 9.90 Å². The lowest BCUT2D eigenvalue weighted by atomic mass is 9.93. The van der Waals surface area contributed by atoms with Crippen molar-refractivity contribution in [2.24, 2.45) is 0 Å². The van der Waals surface area contributed by atoms with Gasteiger partial charge in [0.05, 0.1) is 6.10 Å². The molecule has 1 aromatic rings. The summed E-state index contributed by atoms with van der Waals surface area (Å²) >= 11 is 0. The summed E-state index contributed by atoms with van der Waals surface area (Å²) < 4.78 is 0. The summed E-state index contributed by atoms with van der Waals surface area (Å²) in [5, 5.41) is 15.8. The molecule has 23 heavy (non-hydrogen) atoms. The summed E-state index contributed by atoms with van der Waals surface area (Å²) in [5.74, 6) is 0.135. The zero-order valence-corrected chi connectivity index (χ0v) is 14.1. The van der Waals surface area contributed by atoms with Crippen LogP contribution in [0.25, 0.3) is 0 Å². The predicted molar refractivity (Wildman–Crippen MR) is 93.5 cm³/mol. The number of carbonyl (C=O) groups excluding carboxylic acids is 1. The number of aliphatic hydroxyl groups is 1. The van der Waals surface area contributed by atoms with Crippen molar-refractivity contribution in [1.29, 1.82) is 0 Å². The van der Waals surface area contributed by atoms with Crippen LogP contribution < -0.4 is 10.6 Å². The third-order valence-electron chi connectivity index (χ3n) is 4.60. The number of aliphatic hydroxyl groups excluding tert-OH is 1. The Bertz CT molecular complexity index is 454. The molecule has 0 bridgehead atoms. The van der Waals surface area contributed by atoms with Gasteiger partial charge in [0.15, 0.2) is 0 Å². The SMILES string of the molecule is CC(O)CC(CNC(=O)NC1CCCCCC1)c1ccccc1. The third-order valence-corrected chi connectivity index (χ3v) is 4.60. The van der Waals surface area contributed by atoms with Crippen LogP contribution >= 0.6 is 0 Å². The molecule has 0 radical (unpaired) electrons. The van der Waals surface area contributed by atoms with Gasteiger partial charge in [-0.05, 0) is 31.7 Å². The van der Waals surface area contributed by atoms with Gasteiger partial charge in [-0.1, -0.05) is 56.0 Å². The quantitative estimate of drug-likeness (QED) is 0.702. The Kier molecular flexibility index (Phi) is 7.40. The molecular weight excluding hydrogens is 288 g/mol. The van der Waals surface area contributed by atoms with Gasteiger partial charge < -0.3 is 15.7 Å². The van der Waals surface area contributed by atoms with E-state index in [-0.39, 0.29) is 18.1 Å². The van der Waals surface area contributed by atoms with Gasteiger partial charge in [-0.15, -0.1) is 0 Å². The second-order valence-electron chi connectivity index (χ2n) is 6.74. The second kappa shape index (κ2) is 9.56. The first-order chi connectivity index (χ1) is 11.1. The van der Waals surface area contributed by atoms with Crippen molar-refractivity contribution in [2.45, 2.75) is 69.9 Å². The summed E-state index contributed by atoms with van der Waals surface area (Å²) in [7, 11) is 0. The van der Waals surface area contributed by atoms with Crippen LogP contribution in [0.3, 0.4) is 0 Å². The molecule has 1 aliphatic rings. The van der Waals surface area contributed by atoms with E-state index in [0.717, 1.165) is 18.4 Å². The minimum absolute atomic E-state index is 0.0802. The van der Waals surface area contributed by atoms with Crippen molar-refractivity contribution >= 4 is 6.03 Å². The zero-order chi connectivity index (χ0) is 16.5. The van der Waals surface area contributed by atoms with Crippen LogP contribution in [0.4, 0.5) is 4.79 Å². The number of amides is 2. The average Bonchev–Trinajstić information content (AvgIpc) is 2.80. The number of nitrogens with one attached hydrogen (secondary N) is 2. The van der Waals surface area contributed by atoms with Gasteiger partial charge >= 0.3 is 6.03 Å². The van der Waals surface area contributed by atoms with Crippen LogP contribution in [0.15, 0.2) is 30.3 Å². The molecule has 1 aromatic carbocycles. The third kappa shape index (κ3) is 6.61. The Morgan fingerprint density at radius 3 is 2.43 bits per heavy atom. The predicted octanol–water partition coefficient (Wildman–Crippen LogP) is 3.56. The lowest BCUT2D eigenvalue weighted by Gasteiger charge is -2.21. The number of rotatable bonds is 6. The van der Waals surface area contributed by atoms with Crippen LogP contribution in [0, 0.1) is 0 Å². The number of hydrogen-bond donors (Lipinski definition) is 3. The van der Waals surface area contributed by atoms with Gasteiger partial charge in [0, 0.05) is 18.5 Å². The van der Waals surface area contributed by atoms with Crippen LogP contribution in [0.5, 0.6) is 0 Å². The highest BCUT2D eigenvalue weighted by molar-refractivity contribution is 5.74. The smallest absolute Gasteiger partial charge is 0.315 e. The summed E-state index contributed by atoms with van der Waals surface area (Å²) in [6.45, 7) is 2.34. The molecule has 2 unspecified atom stereocenters. The number of urea groups is 1. The zero-order valence-electron chi connectivity index (χ0n) is 14.1. The van der Waals surface area contributed by atoms with Crippen LogP contribution in [0.1, 0.15) is 63.4 Å². The van der Waals surface area contributed by atoms with E-state index in [2.05, 4.69) is 22.8 Å². The Labute approximate surface area is 139 Å². The molecule has 1 aliphatic carbocycles. The fourth-order valence-corrected chi connectivity index (χ4v) is 3.35. The van der Waals surface area contributed by atoms with Gasteiger partial charge in [-0.3, -0.25) is 0 Å². The monoisotopic (exact) mass is 318 g/mol. The normalized spacial score (nSPS) is 18.7. The van der Waals surface area contributed by atoms with Crippen molar-refractivity contribution in [1.82, 2.24) is 10.6 Å². The average molecular weight is 318 g/mol. The number of carbonyl (C=O) groups is 1. The molecule has 0 heterocycles. The molecule has 0 saturated heterocycles. The van der Waals surface area contributed by atoms with Crippen LogP contribution in [-0.2, 0) is 0 Å². The lowest BCUT2D eigenvalue weighted by molar-refractivity contribution is 0.173. The standard InChI is InChI=1S/C19H30N2O2/c1-15(22)13-17(16-9-5-4-6-10-16)14-20-19(23)21-18-11-7-2-3-8-12-18/h4-6,9-10,15,17-18,22H,2-3,7-8,11-14H2,1H3,(H2,20,21,23). The fourth-order valence-electron chi connectivity index (χ4n) is 3.35. The van der Waals surface area contributed by atoms with Crippen LogP contribution in [0.2, 0.25) is 0 Å². The van der Waals surface area contributed by atoms with E-state index in [4.69, 9.17) is 0 Å². The highest BCUT2D eigenvalue weighted by Gasteiger charge is 2.17. The van der Waals surface area contributed by atoms with E-state index in [0.29, 0.717) is 19.0 Å². The van der Waals surface area contributed by atoms with E-state index in [1.165, 1.54) is 25.7 Å². The summed E-state index contributed by atoms with van der Waals surface area (Å²) in [5.41, 5.74) is 1.16. The van der Waals surface area contributed by atoms with Crippen LogP contribution in [-0.4, -0.2) is 29.8 Å². The Balaban J connectivity index is 1.83. The Morgan fingerprint density at radius 1 is 1.17 bits per heavy atom. The lowest BCUT2D eigenvalue weighted by Crippen LogP contribution is -2.43. The maximum Gasteiger partial charge on any atom is 0.315 e. The van der Waals surface area contributed by atoms with Crippen molar-refractivity contribution in [3.63, 3.8) is 0 Å². The Hall–Kier alpha value is -1.55. The first-order valence-corrected chi connectivity index (χ1v) is 8.92. The number of benzene rings is 1. The molecule has 128 valence electrons. The van der Waals surface area contributed by atoms with E-state index in [1.54, 1.807) is 6.92 Å². The number of hydrogen-bond acceptors (Lipinski definition) is 2. The maximum absolute atomic E-state index is 12.2. The maximum atomic E-state index is 12.2. The summed E-state index contributed by atoms with van der Waals surface area (Å²) in [4.78, 5) is 12.2. The summed E-state index contributed by atoms with van der Waals surface area (Å²) in [6.07, 6.45) is 7.42. The minimum atomic E-state index is -0.382. The highest BCUT2D eigenvalue weighted by atomic mass is 16.3. The minimum Gasteiger partial charge on any atom is -0.393 e. The molecule has 1 fully saturated rings. The molecule has 4 heteroatoms. The second-order valence-corrected chi connectivity index (χ2v) is 6.74. The molecule has 2 rings (SSSR count). The Morgan fingerprint density at radius 2 is 1.83 bits per heavy atom. The molecule has 3 N–H and O–H groups in total. The molecule has 1 saturated carbocycles. The largest absolute Gasteiger partial charge is 0.393 e. The first-order valence-electron chi connectivity index (χ1n) is 8.92. The molecule has 0 aromatic heterocycles. The van der Waals surface area contributed by atoms with Crippen molar-refractivity contribution in [2.75, 3.05) is 6.54 Å². The van der Waals surface area contributed by atoms with E-state index in [9.17, 15) is 9.90 Å². The van der Waals surface area contributed by atoms with E-state index >= 15 is 0 Å². The van der Waals surface area contributed by atoms with E-state index in [1.807, 2.05) is 18.2 Å². The topological polar surface area (TPSA) is 61.4 Å². The van der Waals surface area contributed by atoms with E-state index < -0.39 is 0 Å². The van der Waals surface area contributed by atoms with Gasteiger partial charge in [-0.25, -0.2) is 4.79 Å². The van der Waals surface area contributed by atoms with Gasteiger partial charge in [-0.2, -0.15) is 0 Å². The van der Waals surface area contributed by atoms with Crippen molar-refractivity contribution in [3.8, 4) is 0 Å². The highest BCUT2D eigenvalue weighted by Crippen LogP contribution is 2.21. The van der Waals surface area contributed by atoms with Crippen molar-refractivity contribution in [3.05, 3.63) is 35.9 Å². The first kappa shape index (κ1) is 17.8. The molecular formula is C19H30N2O2. The fraction of sp³-hybridized carbons (Fsp3) is 0.632. The molecule has 2 amide bonds. The van der Waals surface area contributed by atoms with Gasteiger partial charge in [0.2, 0.25) is 0 Å². The molecule has 4 nitrogen and oxygen atoms in total. The molecule has 2 atom stereocenters. The van der Waals surface area contributed by atoms with Gasteiger partial charge in [0.1, 0.15) is 0 Å². The molecule has 0 aliphatic heterocycles. The molecule has 0 spiro atoms.